The number of carbonyl (C=O) groups is 1. The normalized spacial score (nSPS) is 15.1. The predicted octanol–water partition coefficient (Wildman–Crippen LogP) is 3.47. The number of nitrogens with zero attached hydrogens (tertiary/aromatic N) is 3. The second-order valence-electron chi connectivity index (χ2n) is 8.00. The van der Waals surface area contributed by atoms with Crippen LogP contribution in [0.4, 0.5) is 0 Å². The van der Waals surface area contributed by atoms with E-state index in [1.54, 1.807) is 10.6 Å². The minimum absolute atomic E-state index is 0.349. The number of aromatic amines is 1. The number of H-pyrrole nitrogens is 1. The summed E-state index contributed by atoms with van der Waals surface area (Å²) < 4.78 is 7.60. The van der Waals surface area contributed by atoms with Crippen molar-refractivity contribution in [3.8, 4) is 22.8 Å². The molecule has 0 radical (unpaired) electrons. The molecule has 0 aliphatic carbocycles. The molecule has 8 heteroatoms. The number of hydrogen-bond acceptors (Lipinski definition) is 5. The fraction of sp³-hybridized carbons (Fsp3) is 0.200. The lowest BCUT2D eigenvalue weighted by atomic mass is 10.1. The highest BCUT2D eigenvalue weighted by Crippen LogP contribution is 2.31. The Morgan fingerprint density at radius 2 is 1.91 bits per heavy atom. The predicted molar refractivity (Wildman–Crippen MR) is 125 cm³/mol. The van der Waals surface area contributed by atoms with E-state index in [2.05, 4.69) is 4.98 Å². The summed E-state index contributed by atoms with van der Waals surface area (Å²) >= 11 is 0. The largest absolute Gasteiger partial charge is 0.457 e. The molecule has 1 aliphatic heterocycles. The van der Waals surface area contributed by atoms with Crippen LogP contribution in [0.25, 0.3) is 16.9 Å². The van der Waals surface area contributed by atoms with Gasteiger partial charge in [0.2, 0.25) is 0 Å². The fourth-order valence-corrected chi connectivity index (χ4v) is 4.23. The molecule has 5 rings (SSSR count). The number of allylic oxidation sites excluding steroid dienone is 1. The van der Waals surface area contributed by atoms with Gasteiger partial charge in [0.1, 0.15) is 34.6 Å². The molecule has 0 saturated heterocycles. The van der Waals surface area contributed by atoms with Crippen LogP contribution in [-0.2, 0) is 13.0 Å². The maximum absolute atomic E-state index is 12.4. The van der Waals surface area contributed by atoms with Crippen LogP contribution in [-0.4, -0.2) is 43.3 Å². The van der Waals surface area contributed by atoms with Crippen molar-refractivity contribution in [3.05, 3.63) is 83.7 Å². The van der Waals surface area contributed by atoms with E-state index in [1.807, 2.05) is 72.5 Å². The smallest absolute Gasteiger partial charge is 0.254 e. The van der Waals surface area contributed by atoms with Gasteiger partial charge in [-0.05, 0) is 49.4 Å². The first-order valence-electron chi connectivity index (χ1n) is 10.9. The lowest BCUT2D eigenvalue weighted by molar-refractivity contribution is 0.0298. The third-order valence-electron chi connectivity index (χ3n) is 5.85. The molecule has 1 unspecified atom stereocenters. The zero-order chi connectivity index (χ0) is 22.9. The Morgan fingerprint density at radius 1 is 1.18 bits per heavy atom. The molecule has 2 aromatic heterocycles. The minimum atomic E-state index is -0.670. The highest BCUT2D eigenvalue weighted by atomic mass is 16.5. The number of rotatable bonds is 6. The summed E-state index contributed by atoms with van der Waals surface area (Å²) in [6, 6.07) is 16.9. The average Bonchev–Trinajstić information content (AvgIpc) is 3.36. The first-order chi connectivity index (χ1) is 16.0. The van der Waals surface area contributed by atoms with E-state index in [0.717, 1.165) is 22.7 Å². The summed E-state index contributed by atoms with van der Waals surface area (Å²) in [5.41, 5.74) is 9.88. The summed E-state index contributed by atoms with van der Waals surface area (Å²) in [6.07, 6.45) is 3.62. The van der Waals surface area contributed by atoms with Gasteiger partial charge in [-0.15, -0.1) is 0 Å². The molecule has 1 aliphatic rings. The maximum atomic E-state index is 12.4. The van der Waals surface area contributed by atoms with Crippen molar-refractivity contribution in [3.63, 3.8) is 0 Å². The van der Waals surface area contributed by atoms with Crippen molar-refractivity contribution in [2.45, 2.75) is 26.1 Å². The molecule has 4 N–H and O–H groups in total. The van der Waals surface area contributed by atoms with Crippen LogP contribution < -0.4 is 10.5 Å². The lowest BCUT2D eigenvalue weighted by Crippen LogP contribution is -2.38. The number of benzene rings is 2. The number of imidazole rings is 1. The molecule has 1 amide bonds. The number of amides is 1. The quantitative estimate of drug-likeness (QED) is 0.396. The Labute approximate surface area is 190 Å². The second-order valence-corrected chi connectivity index (χ2v) is 8.00. The summed E-state index contributed by atoms with van der Waals surface area (Å²) in [5.74, 6) is 0.880. The number of carbonyl (C=O) groups excluding carboxylic acids is 1. The molecule has 3 heterocycles. The lowest BCUT2D eigenvalue weighted by Gasteiger charge is -2.29. The molecule has 33 heavy (non-hydrogen) atoms. The van der Waals surface area contributed by atoms with Gasteiger partial charge in [0.15, 0.2) is 0 Å². The first-order valence-corrected chi connectivity index (χ1v) is 10.9. The van der Waals surface area contributed by atoms with Gasteiger partial charge in [-0.2, -0.15) is 5.10 Å². The molecule has 168 valence electrons. The topological polar surface area (TPSA) is 109 Å². The molecule has 2 aromatic carbocycles. The zero-order valence-corrected chi connectivity index (χ0v) is 18.2. The summed E-state index contributed by atoms with van der Waals surface area (Å²) in [6.45, 7) is 3.08. The standard InChI is InChI=1S/C25H25N5O3/c1-2-6-21(31)29-14-13-19-20(15-29)30-25(27-19)22(24(26)32)23(28-30)16-9-11-18(12-10-16)33-17-7-4-3-5-8-17/h2-12,21,27,31H,13-15H2,1H3,(H2,26,32)/b6-2+. The Kier molecular flexibility index (Phi) is 5.45. The van der Waals surface area contributed by atoms with Gasteiger partial charge in [-0.3, -0.25) is 9.69 Å². The van der Waals surface area contributed by atoms with Crippen molar-refractivity contribution in [2.75, 3.05) is 6.54 Å². The number of para-hydroxylation sites is 1. The van der Waals surface area contributed by atoms with Crippen molar-refractivity contribution < 1.29 is 14.6 Å². The zero-order valence-electron chi connectivity index (χ0n) is 18.2. The highest BCUT2D eigenvalue weighted by Gasteiger charge is 2.29. The number of hydrogen-bond donors (Lipinski definition) is 3. The van der Waals surface area contributed by atoms with Gasteiger partial charge in [-0.25, -0.2) is 4.52 Å². The van der Waals surface area contributed by atoms with E-state index >= 15 is 0 Å². The van der Waals surface area contributed by atoms with Gasteiger partial charge in [-0.1, -0.05) is 24.3 Å². The number of primary amides is 1. The molecule has 1 atom stereocenters. The monoisotopic (exact) mass is 443 g/mol. The van der Waals surface area contributed by atoms with E-state index in [1.165, 1.54) is 0 Å². The number of ether oxygens (including phenoxy) is 1. The van der Waals surface area contributed by atoms with E-state index in [9.17, 15) is 9.90 Å². The highest BCUT2D eigenvalue weighted by molar-refractivity contribution is 6.04. The molecular weight excluding hydrogens is 418 g/mol. The van der Waals surface area contributed by atoms with E-state index in [0.29, 0.717) is 42.2 Å². The molecule has 0 bridgehead atoms. The number of nitrogens with two attached hydrogens (primary N) is 1. The van der Waals surface area contributed by atoms with Crippen molar-refractivity contribution >= 4 is 11.6 Å². The third kappa shape index (κ3) is 3.90. The van der Waals surface area contributed by atoms with Crippen LogP contribution in [0.5, 0.6) is 11.5 Å². The second kappa shape index (κ2) is 8.57. The van der Waals surface area contributed by atoms with E-state index < -0.39 is 12.1 Å². The maximum Gasteiger partial charge on any atom is 0.254 e. The number of aliphatic hydroxyl groups excluding tert-OH is 1. The number of aromatic nitrogens is 3. The Morgan fingerprint density at radius 3 is 2.61 bits per heavy atom. The molecule has 8 nitrogen and oxygen atoms in total. The molecule has 4 aromatic rings. The van der Waals surface area contributed by atoms with Crippen LogP contribution >= 0.6 is 0 Å². The van der Waals surface area contributed by atoms with Crippen molar-refractivity contribution in [1.29, 1.82) is 0 Å². The summed E-state index contributed by atoms with van der Waals surface area (Å²) in [7, 11) is 0. The Bertz CT molecular complexity index is 1320. The summed E-state index contributed by atoms with van der Waals surface area (Å²) in [5, 5.41) is 15.1. The Hall–Kier alpha value is -3.88. The van der Waals surface area contributed by atoms with Crippen LogP contribution in [0.1, 0.15) is 28.7 Å². The van der Waals surface area contributed by atoms with Crippen molar-refractivity contribution in [1.82, 2.24) is 19.5 Å². The number of nitrogens with one attached hydrogen (secondary N) is 1. The molecular formula is C25H25N5O3. The van der Waals surface area contributed by atoms with Gasteiger partial charge in [0.25, 0.3) is 5.91 Å². The molecule has 0 fully saturated rings. The van der Waals surface area contributed by atoms with Crippen LogP contribution in [0, 0.1) is 0 Å². The average molecular weight is 444 g/mol. The van der Waals surface area contributed by atoms with Gasteiger partial charge < -0.3 is 20.6 Å². The van der Waals surface area contributed by atoms with Gasteiger partial charge in [0, 0.05) is 30.8 Å². The number of aliphatic hydroxyl groups is 1. The molecule has 0 saturated carbocycles. The van der Waals surface area contributed by atoms with Crippen LogP contribution in [0.2, 0.25) is 0 Å². The SMILES string of the molecule is C/C=C/C(O)N1CCc2[nH]c3c(C(N)=O)c(-c4ccc(Oc5ccccc5)cc4)nn3c2C1. The minimum Gasteiger partial charge on any atom is -0.457 e. The van der Waals surface area contributed by atoms with Gasteiger partial charge in [0.05, 0.1) is 5.69 Å². The van der Waals surface area contributed by atoms with Crippen LogP contribution in [0.3, 0.4) is 0 Å². The molecule has 0 spiro atoms. The first kappa shape index (κ1) is 21.0. The number of fused-ring (bicyclic) bond motifs is 3. The fourth-order valence-electron chi connectivity index (χ4n) is 4.23. The van der Waals surface area contributed by atoms with E-state index in [4.69, 9.17) is 15.6 Å². The third-order valence-corrected chi connectivity index (χ3v) is 5.85. The van der Waals surface area contributed by atoms with Gasteiger partial charge >= 0.3 is 0 Å². The van der Waals surface area contributed by atoms with Crippen molar-refractivity contribution in [2.24, 2.45) is 5.73 Å². The van der Waals surface area contributed by atoms with Crippen LogP contribution in [0.15, 0.2) is 66.7 Å². The summed E-state index contributed by atoms with van der Waals surface area (Å²) in [4.78, 5) is 17.7. The Balaban J connectivity index is 1.50. The van der Waals surface area contributed by atoms with E-state index in [-0.39, 0.29) is 0 Å².